The first kappa shape index (κ1) is 22.0. The first-order valence-electron chi connectivity index (χ1n) is 9.55. The molecule has 0 unspecified atom stereocenters. The fourth-order valence-electron chi connectivity index (χ4n) is 3.06. The van der Waals surface area contributed by atoms with Gasteiger partial charge in [-0.25, -0.2) is 9.69 Å². The van der Waals surface area contributed by atoms with E-state index in [4.69, 9.17) is 4.74 Å². The summed E-state index contributed by atoms with van der Waals surface area (Å²) in [6, 6.07) is 20.7. The van der Waals surface area contributed by atoms with Gasteiger partial charge in [0.15, 0.2) is 0 Å². The topological polar surface area (TPSA) is 75.7 Å². The lowest BCUT2D eigenvalue weighted by Gasteiger charge is -2.26. The number of nitrogens with one attached hydrogen (secondary N) is 1. The summed E-state index contributed by atoms with van der Waals surface area (Å²) in [6.07, 6.45) is 1.45. The molecule has 0 spiro atoms. The number of anilines is 1. The van der Waals surface area contributed by atoms with Crippen LogP contribution in [0.5, 0.6) is 5.75 Å². The van der Waals surface area contributed by atoms with Crippen molar-refractivity contribution in [2.24, 2.45) is 0 Å². The molecule has 1 saturated heterocycles. The second-order valence-electron chi connectivity index (χ2n) is 6.92. The van der Waals surface area contributed by atoms with Crippen LogP contribution in [0.1, 0.15) is 11.1 Å². The quantitative estimate of drug-likeness (QED) is 0.335. The molecule has 6 nitrogen and oxygen atoms in total. The number of barbiturate groups is 1. The van der Waals surface area contributed by atoms with Crippen molar-refractivity contribution >= 4 is 61.5 Å². The van der Waals surface area contributed by atoms with Crippen LogP contribution < -0.4 is 15.0 Å². The van der Waals surface area contributed by atoms with E-state index >= 15 is 0 Å². The summed E-state index contributed by atoms with van der Waals surface area (Å²) in [5.74, 6) is -0.762. The maximum Gasteiger partial charge on any atom is 0.335 e. The van der Waals surface area contributed by atoms with Crippen LogP contribution in [0.2, 0.25) is 0 Å². The Kier molecular flexibility index (Phi) is 6.53. The number of hydrogen-bond acceptors (Lipinski definition) is 4. The van der Waals surface area contributed by atoms with Crippen LogP contribution >= 0.6 is 31.9 Å². The average Bonchev–Trinajstić information content (AvgIpc) is 2.78. The Morgan fingerprint density at radius 2 is 1.41 bits per heavy atom. The minimum Gasteiger partial charge on any atom is -0.489 e. The second-order valence-corrected chi connectivity index (χ2v) is 8.75. The summed E-state index contributed by atoms with van der Waals surface area (Å²) in [4.78, 5) is 38.4. The third-order valence-electron chi connectivity index (χ3n) is 4.70. The Balaban J connectivity index is 1.50. The Hall–Kier alpha value is -3.23. The highest BCUT2D eigenvalue weighted by Gasteiger charge is 2.36. The van der Waals surface area contributed by atoms with Crippen LogP contribution in [0.4, 0.5) is 10.5 Å². The first-order chi connectivity index (χ1) is 15.4. The standard InChI is InChI=1S/C24H16Br2N2O4/c25-17-5-1-16(2-6-17)14-32-20-11-3-15(4-12-20)13-21-22(29)27-24(31)28(23(21)30)19-9-7-18(26)8-10-19/h1-13H,14H2,(H,27,29,31)/b21-13+. The molecule has 0 aliphatic carbocycles. The molecule has 4 rings (SSSR count). The molecule has 1 fully saturated rings. The smallest absolute Gasteiger partial charge is 0.335 e. The number of hydrogen-bond donors (Lipinski definition) is 1. The van der Waals surface area contributed by atoms with Crippen molar-refractivity contribution in [3.8, 4) is 5.75 Å². The van der Waals surface area contributed by atoms with E-state index in [0.29, 0.717) is 23.6 Å². The molecule has 0 bridgehead atoms. The predicted octanol–water partition coefficient (Wildman–Crippen LogP) is 5.46. The average molecular weight is 556 g/mol. The number of carbonyl (C=O) groups excluding carboxylic acids is 3. The van der Waals surface area contributed by atoms with E-state index in [1.54, 1.807) is 48.5 Å². The number of nitrogens with zero attached hydrogens (tertiary/aromatic N) is 1. The zero-order valence-corrected chi connectivity index (χ0v) is 19.7. The van der Waals surface area contributed by atoms with E-state index in [0.717, 1.165) is 19.4 Å². The van der Waals surface area contributed by atoms with Crippen LogP contribution in [0.15, 0.2) is 87.3 Å². The zero-order chi connectivity index (χ0) is 22.7. The number of imide groups is 2. The Morgan fingerprint density at radius 3 is 2.03 bits per heavy atom. The molecule has 1 heterocycles. The first-order valence-corrected chi connectivity index (χ1v) is 11.1. The van der Waals surface area contributed by atoms with E-state index in [-0.39, 0.29) is 5.57 Å². The van der Waals surface area contributed by atoms with Crippen LogP contribution in [-0.4, -0.2) is 17.8 Å². The van der Waals surface area contributed by atoms with Gasteiger partial charge in [0.2, 0.25) is 0 Å². The number of urea groups is 1. The van der Waals surface area contributed by atoms with Gasteiger partial charge in [-0.15, -0.1) is 0 Å². The number of ether oxygens (including phenoxy) is 1. The minimum absolute atomic E-state index is 0.129. The van der Waals surface area contributed by atoms with Gasteiger partial charge in [0.1, 0.15) is 17.9 Å². The van der Waals surface area contributed by atoms with E-state index in [1.807, 2.05) is 24.3 Å². The van der Waals surface area contributed by atoms with E-state index in [9.17, 15) is 14.4 Å². The van der Waals surface area contributed by atoms with E-state index < -0.39 is 17.8 Å². The molecule has 160 valence electrons. The van der Waals surface area contributed by atoms with Gasteiger partial charge in [-0.05, 0) is 65.7 Å². The summed E-state index contributed by atoms with van der Waals surface area (Å²) in [5, 5.41) is 2.22. The normalized spacial score (nSPS) is 15.1. The van der Waals surface area contributed by atoms with Gasteiger partial charge in [-0.1, -0.05) is 56.1 Å². The lowest BCUT2D eigenvalue weighted by Crippen LogP contribution is -2.54. The molecular weight excluding hydrogens is 540 g/mol. The van der Waals surface area contributed by atoms with Crippen molar-refractivity contribution < 1.29 is 19.1 Å². The molecule has 3 aromatic carbocycles. The van der Waals surface area contributed by atoms with Crippen LogP contribution in [0.25, 0.3) is 6.08 Å². The van der Waals surface area contributed by atoms with E-state index in [1.165, 1.54) is 6.08 Å². The molecule has 4 amide bonds. The third-order valence-corrected chi connectivity index (χ3v) is 5.75. The molecule has 8 heteroatoms. The van der Waals surface area contributed by atoms with Crippen LogP contribution in [0, 0.1) is 0 Å². The Labute approximate surface area is 201 Å². The van der Waals surface area contributed by atoms with Crippen LogP contribution in [0.3, 0.4) is 0 Å². The van der Waals surface area contributed by atoms with Gasteiger partial charge < -0.3 is 4.74 Å². The molecule has 1 N–H and O–H groups in total. The van der Waals surface area contributed by atoms with Gasteiger partial charge >= 0.3 is 6.03 Å². The monoisotopic (exact) mass is 554 g/mol. The third kappa shape index (κ3) is 4.98. The number of carbonyl (C=O) groups is 3. The van der Waals surface area contributed by atoms with Crippen molar-refractivity contribution in [1.29, 1.82) is 0 Å². The molecule has 0 radical (unpaired) electrons. The molecule has 3 aromatic rings. The Morgan fingerprint density at radius 1 is 0.812 bits per heavy atom. The SMILES string of the molecule is O=C1NC(=O)N(c2ccc(Br)cc2)C(=O)/C1=C/c1ccc(OCc2ccc(Br)cc2)cc1. The second kappa shape index (κ2) is 9.50. The molecule has 0 saturated carbocycles. The zero-order valence-electron chi connectivity index (χ0n) is 16.5. The predicted molar refractivity (Wildman–Crippen MR) is 128 cm³/mol. The van der Waals surface area contributed by atoms with Gasteiger partial charge in [-0.2, -0.15) is 0 Å². The highest BCUT2D eigenvalue weighted by molar-refractivity contribution is 9.10. The number of halogens is 2. The molecule has 32 heavy (non-hydrogen) atoms. The molecule has 0 atom stereocenters. The maximum atomic E-state index is 12.9. The Bertz CT molecular complexity index is 1200. The lowest BCUT2D eigenvalue weighted by atomic mass is 10.1. The fourth-order valence-corrected chi connectivity index (χ4v) is 3.59. The van der Waals surface area contributed by atoms with Crippen molar-refractivity contribution in [2.75, 3.05) is 4.90 Å². The summed E-state index contributed by atoms with van der Waals surface area (Å²) in [5.41, 5.74) is 1.90. The molecular formula is C24H16Br2N2O4. The summed E-state index contributed by atoms with van der Waals surface area (Å²) >= 11 is 6.72. The highest BCUT2D eigenvalue weighted by Crippen LogP contribution is 2.24. The lowest BCUT2D eigenvalue weighted by molar-refractivity contribution is -0.122. The maximum absolute atomic E-state index is 12.9. The fraction of sp³-hybridized carbons (Fsp3) is 0.0417. The van der Waals surface area contributed by atoms with Gasteiger partial charge in [-0.3, -0.25) is 14.9 Å². The summed E-state index contributed by atoms with van der Waals surface area (Å²) < 4.78 is 7.59. The van der Waals surface area contributed by atoms with Gasteiger partial charge in [0, 0.05) is 8.95 Å². The highest BCUT2D eigenvalue weighted by atomic mass is 79.9. The summed E-state index contributed by atoms with van der Waals surface area (Å²) in [6.45, 7) is 0.416. The van der Waals surface area contributed by atoms with Gasteiger partial charge in [0.05, 0.1) is 5.69 Å². The van der Waals surface area contributed by atoms with Gasteiger partial charge in [0.25, 0.3) is 11.8 Å². The van der Waals surface area contributed by atoms with Crippen molar-refractivity contribution in [3.63, 3.8) is 0 Å². The number of amides is 4. The number of benzene rings is 3. The summed E-state index contributed by atoms with van der Waals surface area (Å²) in [7, 11) is 0. The van der Waals surface area contributed by atoms with Crippen LogP contribution in [-0.2, 0) is 16.2 Å². The number of rotatable bonds is 5. The van der Waals surface area contributed by atoms with Crippen molar-refractivity contribution in [3.05, 3.63) is 98.4 Å². The van der Waals surface area contributed by atoms with Crippen molar-refractivity contribution in [1.82, 2.24) is 5.32 Å². The molecule has 0 aromatic heterocycles. The molecule has 1 aliphatic heterocycles. The minimum atomic E-state index is -0.781. The van der Waals surface area contributed by atoms with E-state index in [2.05, 4.69) is 37.2 Å². The van der Waals surface area contributed by atoms with Crippen molar-refractivity contribution in [2.45, 2.75) is 6.61 Å². The largest absolute Gasteiger partial charge is 0.489 e. The molecule has 1 aliphatic rings.